The normalized spacial score (nSPS) is 16.8. The molecule has 1 aliphatic heterocycles. The maximum atomic E-state index is 12.7. The second-order valence-electron chi connectivity index (χ2n) is 5.67. The van der Waals surface area contributed by atoms with Crippen LogP contribution in [-0.2, 0) is 10.3 Å². The van der Waals surface area contributed by atoms with Crippen LogP contribution in [0.25, 0.3) is 0 Å². The van der Waals surface area contributed by atoms with Crippen LogP contribution in [0.1, 0.15) is 28.8 Å². The Hall–Kier alpha value is -1.17. The second kappa shape index (κ2) is 7.16. The monoisotopic (exact) mass is 437 g/mol. The van der Waals surface area contributed by atoms with Crippen LogP contribution in [0.5, 0.6) is 0 Å². The van der Waals surface area contributed by atoms with Gasteiger partial charge in [-0.25, -0.2) is 0 Å². The maximum Gasteiger partial charge on any atom is 0.252 e. The van der Waals surface area contributed by atoms with Gasteiger partial charge in [-0.05, 0) is 48.7 Å². The van der Waals surface area contributed by atoms with Gasteiger partial charge in [0.05, 0.1) is 5.54 Å². The number of rotatable bonds is 3. The molecule has 1 aliphatic rings. The number of nitrogens with one attached hydrogen (secondary N) is 1. The van der Waals surface area contributed by atoms with Crippen molar-refractivity contribution in [3.8, 4) is 0 Å². The Bertz CT molecular complexity index is 712. The van der Waals surface area contributed by atoms with E-state index in [4.69, 9.17) is 4.74 Å². The van der Waals surface area contributed by atoms with Gasteiger partial charge in [0.1, 0.15) is 0 Å². The third-order valence-corrected chi connectivity index (χ3v) is 5.15. The van der Waals surface area contributed by atoms with E-state index in [1.807, 2.05) is 36.4 Å². The highest BCUT2D eigenvalue weighted by Gasteiger charge is 2.36. The van der Waals surface area contributed by atoms with E-state index in [-0.39, 0.29) is 11.4 Å². The molecule has 0 bridgehead atoms. The lowest BCUT2D eigenvalue weighted by atomic mass is 9.82. The van der Waals surface area contributed by atoms with Crippen LogP contribution in [0.3, 0.4) is 0 Å². The van der Waals surface area contributed by atoms with Crippen molar-refractivity contribution in [3.05, 3.63) is 68.6 Å². The third-order valence-electron chi connectivity index (χ3n) is 4.16. The minimum absolute atomic E-state index is 0.0619. The van der Waals surface area contributed by atoms with Gasteiger partial charge in [0, 0.05) is 27.7 Å². The molecule has 0 aliphatic carbocycles. The van der Waals surface area contributed by atoms with Gasteiger partial charge in [-0.2, -0.15) is 0 Å². The molecule has 2 aromatic rings. The van der Waals surface area contributed by atoms with Crippen molar-refractivity contribution in [1.29, 1.82) is 0 Å². The molecule has 1 N–H and O–H groups in total. The largest absolute Gasteiger partial charge is 0.381 e. The molecule has 5 heteroatoms. The summed E-state index contributed by atoms with van der Waals surface area (Å²) in [5, 5.41) is 3.26. The fourth-order valence-electron chi connectivity index (χ4n) is 2.91. The van der Waals surface area contributed by atoms with Crippen LogP contribution < -0.4 is 5.32 Å². The first-order valence-electron chi connectivity index (χ1n) is 7.51. The third kappa shape index (κ3) is 3.84. The summed E-state index contributed by atoms with van der Waals surface area (Å²) in [4.78, 5) is 12.7. The molecule has 0 aromatic heterocycles. The Morgan fingerprint density at radius 2 is 1.65 bits per heavy atom. The molecule has 3 rings (SSSR count). The van der Waals surface area contributed by atoms with Gasteiger partial charge in [0.25, 0.3) is 5.91 Å². The van der Waals surface area contributed by atoms with Crippen LogP contribution in [0, 0.1) is 0 Å². The van der Waals surface area contributed by atoms with Crippen molar-refractivity contribution in [2.24, 2.45) is 0 Å². The number of halogens is 2. The topological polar surface area (TPSA) is 38.3 Å². The molecule has 23 heavy (non-hydrogen) atoms. The van der Waals surface area contributed by atoms with Crippen molar-refractivity contribution in [3.63, 3.8) is 0 Å². The molecule has 0 radical (unpaired) electrons. The standard InChI is InChI=1S/C18H17Br2NO2/c19-15-5-1-3-13(11-15)17(22)21-18(7-9-23-10-8-18)14-4-2-6-16(20)12-14/h1-6,11-12H,7-10H2,(H,21,22). The predicted octanol–water partition coefficient (Wildman–Crippen LogP) is 4.65. The van der Waals surface area contributed by atoms with Gasteiger partial charge in [0.2, 0.25) is 0 Å². The van der Waals surface area contributed by atoms with Crippen molar-refractivity contribution >= 4 is 37.8 Å². The first-order chi connectivity index (χ1) is 11.1. The number of carbonyl (C=O) groups is 1. The van der Waals surface area contributed by atoms with Crippen molar-refractivity contribution in [2.45, 2.75) is 18.4 Å². The molecule has 1 heterocycles. The summed E-state index contributed by atoms with van der Waals surface area (Å²) < 4.78 is 7.42. The molecule has 0 spiro atoms. The average molecular weight is 439 g/mol. The number of ether oxygens (including phenoxy) is 1. The van der Waals surface area contributed by atoms with E-state index in [1.165, 1.54) is 0 Å². The predicted molar refractivity (Wildman–Crippen MR) is 97.5 cm³/mol. The summed E-state index contributed by atoms with van der Waals surface area (Å²) in [7, 11) is 0. The Morgan fingerprint density at radius 1 is 1.00 bits per heavy atom. The Morgan fingerprint density at radius 3 is 2.30 bits per heavy atom. The van der Waals surface area contributed by atoms with Gasteiger partial charge in [0.15, 0.2) is 0 Å². The fraction of sp³-hybridized carbons (Fsp3) is 0.278. The smallest absolute Gasteiger partial charge is 0.252 e. The lowest BCUT2D eigenvalue weighted by Gasteiger charge is -2.38. The molecule has 2 aromatic carbocycles. The highest BCUT2D eigenvalue weighted by atomic mass is 79.9. The average Bonchev–Trinajstić information content (AvgIpc) is 2.56. The van der Waals surface area contributed by atoms with Gasteiger partial charge in [-0.1, -0.05) is 50.1 Å². The Labute approximate surface area is 152 Å². The molecule has 3 nitrogen and oxygen atoms in total. The summed E-state index contributed by atoms with van der Waals surface area (Å²) >= 11 is 6.94. The maximum absolute atomic E-state index is 12.7. The number of hydrogen-bond acceptors (Lipinski definition) is 2. The van der Waals surface area contributed by atoms with Crippen molar-refractivity contribution in [1.82, 2.24) is 5.32 Å². The first kappa shape index (κ1) is 16.7. The highest BCUT2D eigenvalue weighted by Crippen LogP contribution is 2.34. The first-order valence-corrected chi connectivity index (χ1v) is 9.10. The number of hydrogen-bond donors (Lipinski definition) is 1. The van der Waals surface area contributed by atoms with E-state index < -0.39 is 0 Å². The van der Waals surface area contributed by atoms with Gasteiger partial charge in [-0.15, -0.1) is 0 Å². The van der Waals surface area contributed by atoms with Crippen LogP contribution in [0.15, 0.2) is 57.5 Å². The van der Waals surface area contributed by atoms with E-state index in [9.17, 15) is 4.79 Å². The van der Waals surface area contributed by atoms with Crippen LogP contribution >= 0.6 is 31.9 Å². The van der Waals surface area contributed by atoms with Gasteiger partial charge < -0.3 is 10.1 Å². The summed E-state index contributed by atoms with van der Waals surface area (Å²) in [5.41, 5.74) is 1.38. The van der Waals surface area contributed by atoms with Gasteiger partial charge >= 0.3 is 0 Å². The molecule has 1 amide bonds. The van der Waals surface area contributed by atoms with Crippen LogP contribution in [-0.4, -0.2) is 19.1 Å². The van der Waals surface area contributed by atoms with Crippen LogP contribution in [0.4, 0.5) is 0 Å². The zero-order chi connectivity index (χ0) is 16.3. The molecule has 120 valence electrons. The number of amides is 1. The van der Waals surface area contributed by atoms with E-state index in [0.29, 0.717) is 18.8 Å². The summed E-state index contributed by atoms with van der Waals surface area (Å²) in [5.74, 6) is -0.0619. The molecular weight excluding hydrogens is 422 g/mol. The number of benzene rings is 2. The lowest BCUT2D eigenvalue weighted by molar-refractivity contribution is 0.0345. The summed E-state index contributed by atoms with van der Waals surface area (Å²) in [6.07, 6.45) is 1.53. The highest BCUT2D eigenvalue weighted by molar-refractivity contribution is 9.10. The zero-order valence-corrected chi connectivity index (χ0v) is 15.7. The van der Waals surface area contributed by atoms with Crippen LogP contribution in [0.2, 0.25) is 0 Å². The fourth-order valence-corrected chi connectivity index (χ4v) is 3.71. The Kier molecular flexibility index (Phi) is 5.19. The van der Waals surface area contributed by atoms with Gasteiger partial charge in [-0.3, -0.25) is 4.79 Å². The lowest BCUT2D eigenvalue weighted by Crippen LogP contribution is -2.49. The minimum atomic E-state index is -0.387. The van der Waals surface area contributed by atoms with Crippen molar-refractivity contribution in [2.75, 3.05) is 13.2 Å². The van der Waals surface area contributed by atoms with E-state index >= 15 is 0 Å². The molecule has 0 saturated carbocycles. The Balaban J connectivity index is 1.92. The van der Waals surface area contributed by atoms with Crippen molar-refractivity contribution < 1.29 is 9.53 Å². The number of carbonyl (C=O) groups excluding carboxylic acids is 1. The molecular formula is C18H17Br2NO2. The zero-order valence-electron chi connectivity index (χ0n) is 12.5. The van der Waals surface area contributed by atoms with E-state index in [1.54, 1.807) is 0 Å². The SMILES string of the molecule is O=C(NC1(c2cccc(Br)c2)CCOCC1)c1cccc(Br)c1. The quantitative estimate of drug-likeness (QED) is 0.757. The summed E-state index contributed by atoms with van der Waals surface area (Å²) in [6.45, 7) is 1.29. The molecule has 1 fully saturated rings. The summed E-state index contributed by atoms with van der Waals surface area (Å²) in [6, 6.07) is 15.6. The van der Waals surface area contributed by atoms with E-state index in [2.05, 4.69) is 49.3 Å². The molecule has 0 unspecified atom stereocenters. The molecule has 0 atom stereocenters. The van der Waals surface area contributed by atoms with E-state index in [0.717, 1.165) is 27.4 Å². The minimum Gasteiger partial charge on any atom is -0.381 e. The molecule has 1 saturated heterocycles. The second-order valence-corrected chi connectivity index (χ2v) is 7.50.